The first kappa shape index (κ1) is 14.7. The summed E-state index contributed by atoms with van der Waals surface area (Å²) in [5, 5.41) is 2.91. The molecule has 0 radical (unpaired) electrons. The van der Waals surface area contributed by atoms with Gasteiger partial charge >= 0.3 is 0 Å². The van der Waals surface area contributed by atoms with Gasteiger partial charge in [-0.2, -0.15) is 0 Å². The standard InChI is InChI=1S/C14H22N2O2/c1-16(2)11-13-7-5-4-6-12(13)10-15-14(17)8-9-18-3/h4-7H,8-11H2,1-3H3,(H,15,17). The van der Waals surface area contributed by atoms with Crippen LogP contribution in [0.4, 0.5) is 0 Å². The molecule has 0 aromatic heterocycles. The van der Waals surface area contributed by atoms with Gasteiger partial charge in [0.05, 0.1) is 6.61 Å². The van der Waals surface area contributed by atoms with Crippen molar-refractivity contribution >= 4 is 5.91 Å². The predicted molar refractivity (Wildman–Crippen MR) is 72.2 cm³/mol. The number of benzene rings is 1. The molecule has 0 aliphatic rings. The molecule has 1 N–H and O–H groups in total. The number of ether oxygens (including phenoxy) is 1. The molecule has 0 fully saturated rings. The number of carbonyl (C=O) groups excluding carboxylic acids is 1. The van der Waals surface area contributed by atoms with Crippen molar-refractivity contribution in [3.05, 3.63) is 35.4 Å². The third-order valence-corrected chi connectivity index (χ3v) is 2.61. The van der Waals surface area contributed by atoms with Crippen LogP contribution in [0, 0.1) is 0 Å². The fourth-order valence-corrected chi connectivity index (χ4v) is 1.70. The maximum Gasteiger partial charge on any atom is 0.222 e. The quantitative estimate of drug-likeness (QED) is 0.795. The highest BCUT2D eigenvalue weighted by Crippen LogP contribution is 2.10. The maximum absolute atomic E-state index is 11.5. The van der Waals surface area contributed by atoms with E-state index in [1.165, 1.54) is 5.56 Å². The molecule has 0 saturated carbocycles. The first-order valence-electron chi connectivity index (χ1n) is 6.10. The number of amides is 1. The number of carbonyl (C=O) groups is 1. The smallest absolute Gasteiger partial charge is 0.222 e. The molecule has 1 rings (SSSR count). The Bertz CT molecular complexity index is 378. The SMILES string of the molecule is COCCC(=O)NCc1ccccc1CN(C)C. The largest absolute Gasteiger partial charge is 0.384 e. The summed E-state index contributed by atoms with van der Waals surface area (Å²) in [6.07, 6.45) is 0.409. The van der Waals surface area contributed by atoms with Gasteiger partial charge in [-0.25, -0.2) is 0 Å². The molecule has 100 valence electrons. The van der Waals surface area contributed by atoms with Gasteiger partial charge in [0.1, 0.15) is 0 Å². The van der Waals surface area contributed by atoms with E-state index in [-0.39, 0.29) is 5.91 Å². The topological polar surface area (TPSA) is 41.6 Å². The van der Waals surface area contributed by atoms with Crippen molar-refractivity contribution in [1.29, 1.82) is 0 Å². The summed E-state index contributed by atoms with van der Waals surface area (Å²) in [5.74, 6) is 0.0245. The average molecular weight is 250 g/mol. The van der Waals surface area contributed by atoms with Crippen LogP contribution in [0.15, 0.2) is 24.3 Å². The molecular weight excluding hydrogens is 228 g/mol. The first-order chi connectivity index (χ1) is 8.63. The van der Waals surface area contributed by atoms with Gasteiger partial charge in [0.25, 0.3) is 0 Å². The van der Waals surface area contributed by atoms with E-state index >= 15 is 0 Å². The van der Waals surface area contributed by atoms with E-state index in [9.17, 15) is 4.79 Å². The summed E-state index contributed by atoms with van der Waals surface area (Å²) in [6.45, 7) is 1.92. The number of rotatable bonds is 7. The Kier molecular flexibility index (Phi) is 6.39. The van der Waals surface area contributed by atoms with E-state index in [0.29, 0.717) is 19.6 Å². The molecule has 1 aromatic rings. The number of hydrogen-bond acceptors (Lipinski definition) is 3. The number of nitrogens with zero attached hydrogens (tertiary/aromatic N) is 1. The van der Waals surface area contributed by atoms with Gasteiger partial charge in [-0.05, 0) is 25.2 Å². The van der Waals surface area contributed by atoms with Gasteiger partial charge in [-0.15, -0.1) is 0 Å². The van der Waals surface area contributed by atoms with Gasteiger partial charge in [0, 0.05) is 26.6 Å². The van der Waals surface area contributed by atoms with Crippen molar-refractivity contribution < 1.29 is 9.53 Å². The first-order valence-corrected chi connectivity index (χ1v) is 6.10. The Balaban J connectivity index is 2.53. The van der Waals surface area contributed by atoms with Crippen LogP contribution in [-0.2, 0) is 22.6 Å². The molecule has 4 heteroatoms. The lowest BCUT2D eigenvalue weighted by Crippen LogP contribution is -2.24. The van der Waals surface area contributed by atoms with Gasteiger partial charge in [-0.3, -0.25) is 4.79 Å². The monoisotopic (exact) mass is 250 g/mol. The van der Waals surface area contributed by atoms with Crippen molar-refractivity contribution in [3.63, 3.8) is 0 Å². The van der Waals surface area contributed by atoms with Gasteiger partial charge in [0.2, 0.25) is 5.91 Å². The summed E-state index contributed by atoms with van der Waals surface area (Å²) >= 11 is 0. The second kappa shape index (κ2) is 7.84. The zero-order valence-corrected chi connectivity index (χ0v) is 11.4. The lowest BCUT2D eigenvalue weighted by atomic mass is 10.1. The lowest BCUT2D eigenvalue weighted by Gasteiger charge is -2.14. The Morgan fingerprint density at radius 2 is 1.94 bits per heavy atom. The van der Waals surface area contributed by atoms with Crippen molar-refractivity contribution in [2.75, 3.05) is 27.8 Å². The molecule has 0 spiro atoms. The normalized spacial score (nSPS) is 10.7. The van der Waals surface area contributed by atoms with Crippen LogP contribution in [0.25, 0.3) is 0 Å². The summed E-state index contributed by atoms with van der Waals surface area (Å²) in [4.78, 5) is 13.6. The van der Waals surface area contributed by atoms with Crippen molar-refractivity contribution in [1.82, 2.24) is 10.2 Å². The summed E-state index contributed by atoms with van der Waals surface area (Å²) in [6, 6.07) is 8.16. The molecule has 0 aliphatic heterocycles. The van der Waals surface area contributed by atoms with E-state index in [1.54, 1.807) is 7.11 Å². The van der Waals surface area contributed by atoms with Crippen LogP contribution in [0.5, 0.6) is 0 Å². The minimum absolute atomic E-state index is 0.0245. The summed E-state index contributed by atoms with van der Waals surface area (Å²) in [7, 11) is 5.67. The van der Waals surface area contributed by atoms with E-state index in [2.05, 4.69) is 22.3 Å². The Morgan fingerprint density at radius 3 is 2.56 bits per heavy atom. The second-order valence-corrected chi connectivity index (χ2v) is 4.53. The maximum atomic E-state index is 11.5. The molecule has 1 aromatic carbocycles. The van der Waals surface area contributed by atoms with Crippen LogP contribution in [0.1, 0.15) is 17.5 Å². The van der Waals surface area contributed by atoms with E-state index in [1.807, 2.05) is 26.2 Å². The van der Waals surface area contributed by atoms with Crippen LogP contribution in [-0.4, -0.2) is 38.6 Å². The van der Waals surface area contributed by atoms with Crippen molar-refractivity contribution in [2.24, 2.45) is 0 Å². The van der Waals surface area contributed by atoms with Gasteiger partial charge in [-0.1, -0.05) is 24.3 Å². The van der Waals surface area contributed by atoms with Crippen LogP contribution in [0.2, 0.25) is 0 Å². The fraction of sp³-hybridized carbons (Fsp3) is 0.500. The second-order valence-electron chi connectivity index (χ2n) is 4.53. The Hall–Kier alpha value is -1.39. The molecule has 4 nitrogen and oxygen atoms in total. The molecule has 1 amide bonds. The summed E-state index contributed by atoms with van der Waals surface area (Å²) in [5.41, 5.74) is 2.41. The zero-order chi connectivity index (χ0) is 13.4. The van der Waals surface area contributed by atoms with E-state index in [4.69, 9.17) is 4.74 Å². The average Bonchev–Trinajstić information content (AvgIpc) is 2.34. The highest BCUT2D eigenvalue weighted by molar-refractivity contribution is 5.75. The predicted octanol–water partition coefficient (Wildman–Crippen LogP) is 1.40. The van der Waals surface area contributed by atoms with E-state index in [0.717, 1.165) is 12.1 Å². The molecule has 0 unspecified atom stereocenters. The Morgan fingerprint density at radius 1 is 1.28 bits per heavy atom. The molecule has 0 heterocycles. The summed E-state index contributed by atoms with van der Waals surface area (Å²) < 4.78 is 4.87. The molecule has 18 heavy (non-hydrogen) atoms. The molecule has 0 aliphatic carbocycles. The van der Waals surface area contributed by atoms with Crippen molar-refractivity contribution in [3.8, 4) is 0 Å². The number of nitrogens with one attached hydrogen (secondary N) is 1. The number of methoxy groups -OCH3 is 1. The lowest BCUT2D eigenvalue weighted by molar-refractivity contribution is -0.122. The molecule has 0 saturated heterocycles. The van der Waals surface area contributed by atoms with Gasteiger partial charge < -0.3 is 15.0 Å². The third kappa shape index (κ3) is 5.29. The van der Waals surface area contributed by atoms with Crippen LogP contribution in [0.3, 0.4) is 0 Å². The van der Waals surface area contributed by atoms with Crippen LogP contribution < -0.4 is 5.32 Å². The highest BCUT2D eigenvalue weighted by atomic mass is 16.5. The van der Waals surface area contributed by atoms with Crippen molar-refractivity contribution in [2.45, 2.75) is 19.5 Å². The molecule has 0 atom stereocenters. The molecule has 0 bridgehead atoms. The van der Waals surface area contributed by atoms with Crippen LogP contribution >= 0.6 is 0 Å². The Labute approximate surface area is 109 Å². The third-order valence-electron chi connectivity index (χ3n) is 2.61. The minimum atomic E-state index is 0.0245. The zero-order valence-electron chi connectivity index (χ0n) is 11.4. The number of hydrogen-bond donors (Lipinski definition) is 1. The van der Waals surface area contributed by atoms with E-state index < -0.39 is 0 Å². The fourth-order valence-electron chi connectivity index (χ4n) is 1.70. The minimum Gasteiger partial charge on any atom is -0.384 e. The van der Waals surface area contributed by atoms with Gasteiger partial charge in [0.15, 0.2) is 0 Å². The molecular formula is C14H22N2O2. The highest BCUT2D eigenvalue weighted by Gasteiger charge is 2.05.